The van der Waals surface area contributed by atoms with Gasteiger partial charge in [-0.3, -0.25) is 9.59 Å². The lowest BCUT2D eigenvalue weighted by Crippen LogP contribution is -2.29. The number of esters is 1. The number of hydrogen-bond acceptors (Lipinski definition) is 3. The van der Waals surface area contributed by atoms with Crippen LogP contribution < -0.4 is 0 Å². The van der Waals surface area contributed by atoms with Gasteiger partial charge in [-0.2, -0.15) is 0 Å². The summed E-state index contributed by atoms with van der Waals surface area (Å²) in [7, 11) is 1.35. The Bertz CT molecular complexity index is 527. The summed E-state index contributed by atoms with van der Waals surface area (Å²) in [4.78, 5) is 23.8. The first-order valence-electron chi connectivity index (χ1n) is 6.84. The molecule has 0 amide bonds. The van der Waals surface area contributed by atoms with E-state index >= 15 is 0 Å². The molecule has 1 aromatic rings. The lowest BCUT2D eigenvalue weighted by atomic mass is 9.85. The largest absolute Gasteiger partial charge is 0.469 e. The van der Waals surface area contributed by atoms with Crippen LogP contribution in [-0.4, -0.2) is 18.9 Å². The second kappa shape index (κ2) is 6.21. The first-order chi connectivity index (χ1) is 9.17. The van der Waals surface area contributed by atoms with Crippen molar-refractivity contribution in [3.63, 3.8) is 0 Å². The quantitative estimate of drug-likeness (QED) is 0.775. The molecular weight excluding hydrogens is 252 g/mol. The predicted octanol–water partition coefficient (Wildman–Crippen LogP) is 3.31. The van der Waals surface area contributed by atoms with Gasteiger partial charge in [0.2, 0.25) is 0 Å². The molecule has 0 spiro atoms. The van der Waals surface area contributed by atoms with Crippen molar-refractivity contribution in [2.75, 3.05) is 7.11 Å². The van der Waals surface area contributed by atoms with Gasteiger partial charge in [-0.05, 0) is 56.9 Å². The van der Waals surface area contributed by atoms with Crippen LogP contribution in [0.25, 0.3) is 0 Å². The van der Waals surface area contributed by atoms with Gasteiger partial charge in [0.1, 0.15) is 5.78 Å². The van der Waals surface area contributed by atoms with Crippen LogP contribution in [0.4, 0.5) is 0 Å². The summed E-state index contributed by atoms with van der Waals surface area (Å²) in [6.45, 7) is 9.60. The number of ether oxygens (including phenoxy) is 1. The molecular formula is C17H24O3. The van der Waals surface area contributed by atoms with E-state index in [9.17, 15) is 9.59 Å². The molecule has 0 saturated carbocycles. The predicted molar refractivity (Wildman–Crippen MR) is 79.8 cm³/mol. The van der Waals surface area contributed by atoms with Gasteiger partial charge in [0.05, 0.1) is 12.5 Å². The second-order valence-corrected chi connectivity index (χ2v) is 6.13. The average Bonchev–Trinajstić information content (AvgIpc) is 2.34. The molecule has 0 unspecified atom stereocenters. The Morgan fingerprint density at radius 2 is 1.60 bits per heavy atom. The minimum atomic E-state index is -0.764. The molecule has 0 heterocycles. The maximum absolute atomic E-state index is 12.2. The van der Waals surface area contributed by atoms with Crippen molar-refractivity contribution in [2.45, 2.75) is 47.5 Å². The summed E-state index contributed by atoms with van der Waals surface area (Å²) >= 11 is 0. The number of methoxy groups -OCH3 is 1. The molecule has 3 nitrogen and oxygen atoms in total. The molecule has 20 heavy (non-hydrogen) atoms. The van der Waals surface area contributed by atoms with Crippen LogP contribution in [0.15, 0.2) is 12.1 Å². The van der Waals surface area contributed by atoms with Gasteiger partial charge in [0.15, 0.2) is 0 Å². The summed E-state index contributed by atoms with van der Waals surface area (Å²) in [6, 6.07) is 4.16. The van der Waals surface area contributed by atoms with E-state index in [0.29, 0.717) is 6.42 Å². The third-order valence-corrected chi connectivity index (χ3v) is 3.72. The van der Waals surface area contributed by atoms with E-state index in [1.165, 1.54) is 18.2 Å². The zero-order chi connectivity index (χ0) is 15.5. The zero-order valence-electron chi connectivity index (χ0n) is 13.3. The zero-order valence-corrected chi connectivity index (χ0v) is 13.3. The number of hydrogen-bond donors (Lipinski definition) is 0. The second-order valence-electron chi connectivity index (χ2n) is 6.13. The van der Waals surface area contributed by atoms with E-state index in [0.717, 1.165) is 11.1 Å². The first kappa shape index (κ1) is 16.4. The molecule has 1 rings (SSSR count). The minimum Gasteiger partial charge on any atom is -0.469 e. The molecule has 0 N–H and O–H groups in total. The van der Waals surface area contributed by atoms with E-state index in [1.807, 2.05) is 13.8 Å². The topological polar surface area (TPSA) is 43.4 Å². The van der Waals surface area contributed by atoms with Crippen molar-refractivity contribution in [1.82, 2.24) is 0 Å². The summed E-state index contributed by atoms with van der Waals surface area (Å²) < 4.78 is 4.73. The standard InChI is InChI=1S/C17H24O3/c1-11-7-13(3)14(8-12(11)2)9-15(18)10-17(4,5)16(19)20-6/h7-8H,9-10H2,1-6H3. The molecule has 3 heteroatoms. The summed E-state index contributed by atoms with van der Waals surface area (Å²) in [5, 5.41) is 0. The Morgan fingerprint density at radius 1 is 1.05 bits per heavy atom. The van der Waals surface area contributed by atoms with Crippen molar-refractivity contribution >= 4 is 11.8 Å². The number of carbonyl (C=O) groups is 2. The van der Waals surface area contributed by atoms with E-state index < -0.39 is 5.41 Å². The third-order valence-electron chi connectivity index (χ3n) is 3.72. The maximum atomic E-state index is 12.2. The fourth-order valence-corrected chi connectivity index (χ4v) is 2.33. The minimum absolute atomic E-state index is 0.0618. The Kier molecular flexibility index (Phi) is 5.09. The molecule has 110 valence electrons. The number of Topliss-reactive ketones (excluding diaryl/α,β-unsaturated/α-hetero) is 1. The molecule has 1 aromatic carbocycles. The summed E-state index contributed by atoms with van der Waals surface area (Å²) in [5.74, 6) is -0.283. The van der Waals surface area contributed by atoms with Gasteiger partial charge in [-0.15, -0.1) is 0 Å². The van der Waals surface area contributed by atoms with Crippen LogP contribution in [0.3, 0.4) is 0 Å². The molecule has 0 atom stereocenters. The fourth-order valence-electron chi connectivity index (χ4n) is 2.33. The van der Waals surface area contributed by atoms with Crippen molar-refractivity contribution in [1.29, 1.82) is 0 Å². The number of ketones is 1. The molecule has 0 bridgehead atoms. The van der Waals surface area contributed by atoms with E-state index in [2.05, 4.69) is 19.1 Å². The lowest BCUT2D eigenvalue weighted by Gasteiger charge is -2.20. The number of aryl methyl sites for hydroxylation is 3. The van der Waals surface area contributed by atoms with Crippen LogP contribution in [0.1, 0.15) is 42.5 Å². The smallest absolute Gasteiger partial charge is 0.311 e. The van der Waals surface area contributed by atoms with Crippen LogP contribution in [0, 0.1) is 26.2 Å². The van der Waals surface area contributed by atoms with E-state index in [1.54, 1.807) is 13.8 Å². The van der Waals surface area contributed by atoms with Gasteiger partial charge >= 0.3 is 5.97 Å². The first-order valence-corrected chi connectivity index (χ1v) is 6.84. The van der Waals surface area contributed by atoms with Crippen LogP contribution >= 0.6 is 0 Å². The van der Waals surface area contributed by atoms with E-state index in [4.69, 9.17) is 4.74 Å². The highest BCUT2D eigenvalue weighted by Crippen LogP contribution is 2.24. The number of benzene rings is 1. The molecule has 0 aliphatic rings. The molecule has 0 radical (unpaired) electrons. The van der Waals surface area contributed by atoms with Crippen molar-refractivity contribution in [3.8, 4) is 0 Å². The van der Waals surface area contributed by atoms with Crippen LogP contribution in [-0.2, 0) is 20.7 Å². The normalized spacial score (nSPS) is 11.3. The van der Waals surface area contributed by atoms with Gasteiger partial charge in [0.25, 0.3) is 0 Å². The summed E-state index contributed by atoms with van der Waals surface area (Å²) in [6.07, 6.45) is 0.569. The van der Waals surface area contributed by atoms with Gasteiger partial charge in [-0.1, -0.05) is 12.1 Å². The summed E-state index contributed by atoms with van der Waals surface area (Å²) in [5.41, 5.74) is 3.81. The monoisotopic (exact) mass is 276 g/mol. The highest BCUT2D eigenvalue weighted by Gasteiger charge is 2.31. The number of rotatable bonds is 5. The van der Waals surface area contributed by atoms with Crippen molar-refractivity contribution in [3.05, 3.63) is 34.4 Å². The molecule has 0 aromatic heterocycles. The van der Waals surface area contributed by atoms with Gasteiger partial charge in [0, 0.05) is 12.8 Å². The van der Waals surface area contributed by atoms with E-state index in [-0.39, 0.29) is 18.2 Å². The van der Waals surface area contributed by atoms with Crippen molar-refractivity contribution < 1.29 is 14.3 Å². The van der Waals surface area contributed by atoms with Crippen LogP contribution in [0.2, 0.25) is 0 Å². The van der Waals surface area contributed by atoms with Crippen LogP contribution in [0.5, 0.6) is 0 Å². The average molecular weight is 276 g/mol. The highest BCUT2D eigenvalue weighted by molar-refractivity contribution is 5.87. The molecule has 0 aliphatic heterocycles. The maximum Gasteiger partial charge on any atom is 0.311 e. The molecule has 0 aliphatic carbocycles. The lowest BCUT2D eigenvalue weighted by molar-refractivity contribution is -0.152. The van der Waals surface area contributed by atoms with Gasteiger partial charge < -0.3 is 4.74 Å². The Morgan fingerprint density at radius 3 is 2.15 bits per heavy atom. The molecule has 0 fully saturated rings. The highest BCUT2D eigenvalue weighted by atomic mass is 16.5. The fraction of sp³-hybridized carbons (Fsp3) is 0.529. The Balaban J connectivity index is 2.82. The SMILES string of the molecule is COC(=O)C(C)(C)CC(=O)Cc1cc(C)c(C)cc1C. The number of carbonyl (C=O) groups excluding carboxylic acids is 2. The Hall–Kier alpha value is -1.64. The molecule has 0 saturated heterocycles. The Labute approximate surface area is 121 Å². The third kappa shape index (κ3) is 3.92. The van der Waals surface area contributed by atoms with Gasteiger partial charge in [-0.25, -0.2) is 0 Å². The van der Waals surface area contributed by atoms with Crippen molar-refractivity contribution in [2.24, 2.45) is 5.41 Å².